The predicted octanol–water partition coefficient (Wildman–Crippen LogP) is 3.86. The second kappa shape index (κ2) is 12.4. The lowest BCUT2D eigenvalue weighted by Gasteiger charge is -2.15. The smallest absolute Gasteiger partial charge is 0.341 e. The Morgan fingerprint density at radius 3 is 2.48 bits per heavy atom. The molecule has 29 heavy (non-hydrogen) atoms. The largest absolute Gasteiger partial charge is 0.497 e. The lowest BCUT2D eigenvalue weighted by Crippen LogP contribution is -2.37. The maximum atomic E-state index is 11.7. The minimum Gasteiger partial charge on any atom is -0.497 e. The van der Waals surface area contributed by atoms with E-state index in [1.54, 1.807) is 27.1 Å². The summed E-state index contributed by atoms with van der Waals surface area (Å²) in [6.07, 6.45) is 0.958. The number of guanidine groups is 1. The standard InChI is InChI=1S/C21H29N3O4.HI/c1-14(16-6-8-17(26-4)9-7-16)10-11-23-21(22-3)24-13-18-12-19(15(2)28-18)20(25)27-5;/h6-9,12,14H,10-11,13H2,1-5H3,(H2,22,23,24);1H. The van der Waals surface area contributed by atoms with E-state index in [9.17, 15) is 4.79 Å². The topological polar surface area (TPSA) is 85.1 Å². The molecule has 2 N–H and O–H groups in total. The van der Waals surface area contributed by atoms with E-state index in [0.29, 0.717) is 35.5 Å². The van der Waals surface area contributed by atoms with Crippen LogP contribution in [0.25, 0.3) is 0 Å². The van der Waals surface area contributed by atoms with E-state index in [2.05, 4.69) is 34.7 Å². The molecular formula is C21H30IN3O4. The van der Waals surface area contributed by atoms with E-state index in [4.69, 9.17) is 13.9 Å². The van der Waals surface area contributed by atoms with Gasteiger partial charge in [-0.25, -0.2) is 4.79 Å². The van der Waals surface area contributed by atoms with Crippen molar-refractivity contribution in [3.63, 3.8) is 0 Å². The predicted molar refractivity (Wildman–Crippen MR) is 124 cm³/mol. The van der Waals surface area contributed by atoms with Gasteiger partial charge in [-0.05, 0) is 43.0 Å². The van der Waals surface area contributed by atoms with Gasteiger partial charge in [0, 0.05) is 13.6 Å². The van der Waals surface area contributed by atoms with Crippen molar-refractivity contribution < 1.29 is 18.7 Å². The Kier molecular flexibility index (Phi) is 10.6. The van der Waals surface area contributed by atoms with Gasteiger partial charge in [0.25, 0.3) is 0 Å². The second-order valence-corrected chi connectivity index (χ2v) is 6.49. The minimum absolute atomic E-state index is 0. The molecule has 0 aliphatic carbocycles. The lowest BCUT2D eigenvalue weighted by molar-refractivity contribution is 0.0599. The molecule has 0 bridgehead atoms. The van der Waals surface area contributed by atoms with E-state index >= 15 is 0 Å². The first-order chi connectivity index (χ1) is 13.5. The molecule has 8 heteroatoms. The van der Waals surface area contributed by atoms with Crippen molar-refractivity contribution >= 4 is 35.9 Å². The fourth-order valence-corrected chi connectivity index (χ4v) is 2.84. The van der Waals surface area contributed by atoms with E-state index in [-0.39, 0.29) is 24.0 Å². The van der Waals surface area contributed by atoms with Crippen LogP contribution in [-0.4, -0.2) is 39.7 Å². The Balaban J connectivity index is 0.00000420. The normalized spacial score (nSPS) is 12.0. The molecule has 0 saturated carbocycles. The molecule has 7 nitrogen and oxygen atoms in total. The average Bonchev–Trinajstić information content (AvgIpc) is 3.10. The van der Waals surface area contributed by atoms with Crippen LogP contribution in [0.1, 0.15) is 46.7 Å². The number of benzene rings is 1. The molecular weight excluding hydrogens is 485 g/mol. The van der Waals surface area contributed by atoms with E-state index in [1.807, 2.05) is 12.1 Å². The van der Waals surface area contributed by atoms with Gasteiger partial charge in [-0.2, -0.15) is 0 Å². The fourth-order valence-electron chi connectivity index (χ4n) is 2.84. The van der Waals surface area contributed by atoms with Gasteiger partial charge in [0.05, 0.1) is 20.8 Å². The maximum Gasteiger partial charge on any atom is 0.341 e. The molecule has 1 unspecified atom stereocenters. The van der Waals surface area contributed by atoms with Crippen molar-refractivity contribution in [2.45, 2.75) is 32.7 Å². The third kappa shape index (κ3) is 7.26. The van der Waals surface area contributed by atoms with Gasteiger partial charge in [0.15, 0.2) is 5.96 Å². The molecule has 0 saturated heterocycles. The van der Waals surface area contributed by atoms with Crippen molar-refractivity contribution in [2.75, 3.05) is 27.8 Å². The SMILES string of the molecule is CN=C(NCCC(C)c1ccc(OC)cc1)NCc1cc(C(=O)OC)c(C)o1.I. The summed E-state index contributed by atoms with van der Waals surface area (Å²) in [7, 11) is 4.74. The zero-order valence-corrected chi connectivity index (χ0v) is 19.9. The molecule has 0 spiro atoms. The van der Waals surface area contributed by atoms with Crippen LogP contribution in [0.4, 0.5) is 0 Å². The molecule has 1 aromatic carbocycles. The molecule has 0 radical (unpaired) electrons. The summed E-state index contributed by atoms with van der Waals surface area (Å²) in [6, 6.07) is 9.83. The zero-order chi connectivity index (χ0) is 20.5. The second-order valence-electron chi connectivity index (χ2n) is 6.49. The quantitative estimate of drug-likeness (QED) is 0.241. The third-order valence-corrected chi connectivity index (χ3v) is 4.58. The van der Waals surface area contributed by atoms with Crippen molar-refractivity contribution in [3.05, 3.63) is 53.0 Å². The fraction of sp³-hybridized carbons (Fsp3) is 0.429. The van der Waals surface area contributed by atoms with Crippen LogP contribution in [0.15, 0.2) is 39.7 Å². The number of aliphatic imine (C=N–C) groups is 1. The van der Waals surface area contributed by atoms with Crippen molar-refractivity contribution in [3.8, 4) is 5.75 Å². The minimum atomic E-state index is -0.400. The summed E-state index contributed by atoms with van der Waals surface area (Å²) in [5.74, 6) is 2.74. The Morgan fingerprint density at radius 2 is 1.90 bits per heavy atom. The van der Waals surface area contributed by atoms with Gasteiger partial charge in [0.1, 0.15) is 22.8 Å². The summed E-state index contributed by atoms with van der Waals surface area (Å²) >= 11 is 0. The van der Waals surface area contributed by atoms with Crippen LogP contribution >= 0.6 is 24.0 Å². The van der Waals surface area contributed by atoms with Gasteiger partial charge in [0.2, 0.25) is 0 Å². The summed E-state index contributed by atoms with van der Waals surface area (Å²) in [6.45, 7) is 5.13. The maximum absolute atomic E-state index is 11.7. The number of hydrogen-bond donors (Lipinski definition) is 2. The van der Waals surface area contributed by atoms with Crippen LogP contribution in [-0.2, 0) is 11.3 Å². The molecule has 1 heterocycles. The van der Waals surface area contributed by atoms with Gasteiger partial charge in [-0.3, -0.25) is 4.99 Å². The first kappa shape index (κ1) is 24.8. The summed E-state index contributed by atoms with van der Waals surface area (Å²) in [5.41, 5.74) is 1.71. The number of esters is 1. The molecule has 0 fully saturated rings. The number of aryl methyl sites for hydroxylation is 1. The van der Waals surface area contributed by atoms with Crippen molar-refractivity contribution in [1.82, 2.24) is 10.6 Å². The Bertz CT molecular complexity index is 803. The third-order valence-electron chi connectivity index (χ3n) is 4.58. The number of hydrogen-bond acceptors (Lipinski definition) is 5. The average molecular weight is 515 g/mol. The van der Waals surface area contributed by atoms with Gasteiger partial charge >= 0.3 is 5.97 Å². The highest BCUT2D eigenvalue weighted by molar-refractivity contribution is 14.0. The first-order valence-corrected chi connectivity index (χ1v) is 9.24. The van der Waals surface area contributed by atoms with Crippen molar-refractivity contribution in [1.29, 1.82) is 0 Å². The number of ether oxygens (including phenoxy) is 2. The summed E-state index contributed by atoms with van der Waals surface area (Å²) in [4.78, 5) is 15.9. The van der Waals surface area contributed by atoms with Crippen LogP contribution in [0.3, 0.4) is 0 Å². The number of furan rings is 1. The van der Waals surface area contributed by atoms with Crippen LogP contribution in [0, 0.1) is 6.92 Å². The number of methoxy groups -OCH3 is 2. The molecule has 160 valence electrons. The number of halogens is 1. The highest BCUT2D eigenvalue weighted by Gasteiger charge is 2.15. The molecule has 1 atom stereocenters. The zero-order valence-electron chi connectivity index (χ0n) is 17.6. The number of carbonyl (C=O) groups excluding carboxylic acids is 1. The molecule has 2 aromatic rings. The molecule has 0 aliphatic rings. The first-order valence-electron chi connectivity index (χ1n) is 9.24. The van der Waals surface area contributed by atoms with Crippen LogP contribution in [0.2, 0.25) is 0 Å². The van der Waals surface area contributed by atoms with Gasteiger partial charge < -0.3 is 24.5 Å². The van der Waals surface area contributed by atoms with Crippen LogP contribution in [0.5, 0.6) is 5.75 Å². The number of rotatable bonds is 8. The Labute approximate surface area is 189 Å². The summed E-state index contributed by atoms with van der Waals surface area (Å²) < 4.78 is 15.5. The number of carbonyl (C=O) groups is 1. The van der Waals surface area contributed by atoms with Gasteiger partial charge in [-0.1, -0.05) is 19.1 Å². The number of nitrogens with zero attached hydrogens (tertiary/aromatic N) is 1. The lowest BCUT2D eigenvalue weighted by atomic mass is 9.98. The molecule has 2 rings (SSSR count). The number of nitrogens with one attached hydrogen (secondary N) is 2. The van der Waals surface area contributed by atoms with Crippen molar-refractivity contribution in [2.24, 2.45) is 4.99 Å². The Hall–Kier alpha value is -2.23. The highest BCUT2D eigenvalue weighted by Crippen LogP contribution is 2.21. The Morgan fingerprint density at radius 1 is 1.21 bits per heavy atom. The van der Waals surface area contributed by atoms with E-state index in [1.165, 1.54) is 12.7 Å². The monoisotopic (exact) mass is 515 g/mol. The van der Waals surface area contributed by atoms with E-state index in [0.717, 1.165) is 18.7 Å². The highest BCUT2D eigenvalue weighted by atomic mass is 127. The summed E-state index contributed by atoms with van der Waals surface area (Å²) in [5, 5.41) is 6.49. The molecule has 0 aliphatic heterocycles. The van der Waals surface area contributed by atoms with Gasteiger partial charge in [-0.15, -0.1) is 24.0 Å². The molecule has 0 amide bonds. The van der Waals surface area contributed by atoms with Crippen LogP contribution < -0.4 is 15.4 Å². The molecule has 1 aromatic heterocycles. The van der Waals surface area contributed by atoms with E-state index < -0.39 is 5.97 Å².